The van der Waals surface area contributed by atoms with Gasteiger partial charge in [0.15, 0.2) is 0 Å². The van der Waals surface area contributed by atoms with Crippen molar-refractivity contribution >= 4 is 28.8 Å². The number of nitrogens with zero attached hydrogens (tertiary/aromatic N) is 1. The van der Waals surface area contributed by atoms with Crippen LogP contribution < -0.4 is 11.1 Å². The molecule has 1 aromatic heterocycles. The first-order valence-corrected chi connectivity index (χ1v) is 12.5. The molecule has 1 fully saturated rings. The van der Waals surface area contributed by atoms with E-state index in [1.54, 1.807) is 0 Å². The summed E-state index contributed by atoms with van der Waals surface area (Å²) >= 11 is 1.41. The minimum atomic E-state index is -0.127. The van der Waals surface area contributed by atoms with Crippen molar-refractivity contribution in [3.05, 3.63) is 87.6 Å². The highest BCUT2D eigenvalue weighted by Gasteiger charge is 2.27. The Morgan fingerprint density at radius 3 is 2.48 bits per heavy atom. The van der Waals surface area contributed by atoms with E-state index in [2.05, 4.69) is 11.4 Å². The van der Waals surface area contributed by atoms with Gasteiger partial charge in [0.25, 0.3) is 5.91 Å². The molecule has 5 nitrogen and oxygen atoms in total. The number of amides is 2. The standard InChI is InChI=1S/C27H31N3O2S/c28-17-20-8-6-9-21(16-20)18-30(27(32)22-10-2-1-3-11-22)19-23-12-4-5-13-24(23)29-26(31)25-14-7-15-33-25/h4-9,12-16,22H,1-3,10-11,17-19,28H2,(H,29,31). The zero-order chi connectivity index (χ0) is 23.0. The smallest absolute Gasteiger partial charge is 0.265 e. The summed E-state index contributed by atoms with van der Waals surface area (Å²) in [5.41, 5.74) is 9.64. The number of carbonyl (C=O) groups is 2. The first-order chi connectivity index (χ1) is 16.1. The van der Waals surface area contributed by atoms with Crippen molar-refractivity contribution in [2.45, 2.75) is 51.7 Å². The van der Waals surface area contributed by atoms with Crippen molar-refractivity contribution in [3.63, 3.8) is 0 Å². The zero-order valence-electron chi connectivity index (χ0n) is 18.8. The van der Waals surface area contributed by atoms with Crippen LogP contribution in [-0.2, 0) is 24.4 Å². The first-order valence-electron chi connectivity index (χ1n) is 11.6. The summed E-state index contributed by atoms with van der Waals surface area (Å²) < 4.78 is 0. The van der Waals surface area contributed by atoms with E-state index in [-0.39, 0.29) is 17.7 Å². The van der Waals surface area contributed by atoms with E-state index in [9.17, 15) is 9.59 Å². The van der Waals surface area contributed by atoms with E-state index in [1.807, 2.05) is 64.9 Å². The molecule has 0 radical (unpaired) electrons. The topological polar surface area (TPSA) is 75.4 Å². The number of nitrogens with two attached hydrogens (primary N) is 1. The Kier molecular flexibility index (Phi) is 7.92. The predicted octanol–water partition coefficient (Wildman–Crippen LogP) is 5.57. The van der Waals surface area contributed by atoms with Crippen LogP contribution in [0, 0.1) is 5.92 Å². The second-order valence-electron chi connectivity index (χ2n) is 8.64. The molecule has 6 heteroatoms. The average molecular weight is 462 g/mol. The summed E-state index contributed by atoms with van der Waals surface area (Å²) in [4.78, 5) is 28.9. The van der Waals surface area contributed by atoms with Crippen LogP contribution in [0.2, 0.25) is 0 Å². The fourth-order valence-electron chi connectivity index (χ4n) is 4.47. The maximum atomic E-state index is 13.6. The Hall–Kier alpha value is -2.96. The molecular weight excluding hydrogens is 430 g/mol. The van der Waals surface area contributed by atoms with Crippen LogP contribution in [0.5, 0.6) is 0 Å². The van der Waals surface area contributed by atoms with Crippen LogP contribution in [0.25, 0.3) is 0 Å². The molecule has 2 amide bonds. The Labute approximate surface area is 199 Å². The third-order valence-corrected chi connectivity index (χ3v) is 7.11. The second kappa shape index (κ2) is 11.3. The number of carbonyl (C=O) groups excluding carboxylic acids is 2. The van der Waals surface area contributed by atoms with E-state index in [4.69, 9.17) is 5.73 Å². The van der Waals surface area contributed by atoms with Gasteiger partial charge in [0, 0.05) is 31.2 Å². The molecule has 0 unspecified atom stereocenters. The molecule has 33 heavy (non-hydrogen) atoms. The molecule has 0 bridgehead atoms. The van der Waals surface area contributed by atoms with Gasteiger partial charge in [0.05, 0.1) is 4.88 Å². The van der Waals surface area contributed by atoms with E-state index < -0.39 is 0 Å². The molecule has 1 heterocycles. The summed E-state index contributed by atoms with van der Waals surface area (Å²) in [6.45, 7) is 1.45. The number of nitrogens with one attached hydrogen (secondary N) is 1. The summed E-state index contributed by atoms with van der Waals surface area (Å²) in [5.74, 6) is 0.148. The van der Waals surface area contributed by atoms with Crippen molar-refractivity contribution in [3.8, 4) is 0 Å². The zero-order valence-corrected chi connectivity index (χ0v) is 19.7. The monoisotopic (exact) mass is 461 g/mol. The first kappa shape index (κ1) is 23.2. The van der Waals surface area contributed by atoms with Crippen molar-refractivity contribution in [2.24, 2.45) is 11.7 Å². The van der Waals surface area contributed by atoms with Crippen molar-refractivity contribution in [1.82, 2.24) is 4.90 Å². The third-order valence-electron chi connectivity index (χ3n) is 6.24. The van der Waals surface area contributed by atoms with E-state index in [0.29, 0.717) is 24.5 Å². The number of anilines is 1. The number of rotatable bonds is 8. The minimum absolute atomic E-state index is 0.0734. The van der Waals surface area contributed by atoms with Crippen LogP contribution in [0.3, 0.4) is 0 Å². The molecule has 0 spiro atoms. The molecular formula is C27H31N3O2S. The molecule has 1 aliphatic carbocycles. The number of hydrogen-bond acceptors (Lipinski definition) is 4. The lowest BCUT2D eigenvalue weighted by atomic mass is 9.88. The van der Waals surface area contributed by atoms with Crippen LogP contribution in [0.4, 0.5) is 5.69 Å². The maximum absolute atomic E-state index is 13.6. The molecule has 1 aliphatic rings. The average Bonchev–Trinajstić information content (AvgIpc) is 3.40. The van der Waals surface area contributed by atoms with Gasteiger partial charge in [-0.25, -0.2) is 0 Å². The van der Waals surface area contributed by atoms with Gasteiger partial charge in [-0.2, -0.15) is 0 Å². The third kappa shape index (κ3) is 6.09. The van der Waals surface area contributed by atoms with Gasteiger partial charge >= 0.3 is 0 Å². The molecule has 0 aliphatic heterocycles. The molecule has 0 saturated heterocycles. The molecule has 3 aromatic rings. The molecule has 2 aromatic carbocycles. The second-order valence-corrected chi connectivity index (χ2v) is 9.59. The fourth-order valence-corrected chi connectivity index (χ4v) is 5.09. The van der Waals surface area contributed by atoms with Crippen LogP contribution in [0.1, 0.15) is 58.5 Å². The van der Waals surface area contributed by atoms with Crippen LogP contribution in [-0.4, -0.2) is 16.7 Å². The molecule has 1 saturated carbocycles. The minimum Gasteiger partial charge on any atom is -0.334 e. The Morgan fingerprint density at radius 1 is 0.939 bits per heavy atom. The summed E-state index contributed by atoms with van der Waals surface area (Å²) in [7, 11) is 0. The van der Waals surface area contributed by atoms with Gasteiger partial charge in [-0.05, 0) is 47.0 Å². The van der Waals surface area contributed by atoms with Gasteiger partial charge in [-0.3, -0.25) is 9.59 Å². The maximum Gasteiger partial charge on any atom is 0.265 e. The lowest BCUT2D eigenvalue weighted by Crippen LogP contribution is -2.36. The van der Waals surface area contributed by atoms with Gasteiger partial charge < -0.3 is 16.0 Å². The van der Waals surface area contributed by atoms with Gasteiger partial charge in [-0.15, -0.1) is 11.3 Å². The van der Waals surface area contributed by atoms with E-state index in [1.165, 1.54) is 17.8 Å². The Morgan fingerprint density at radius 2 is 1.73 bits per heavy atom. The number of thiophene rings is 1. The largest absolute Gasteiger partial charge is 0.334 e. The summed E-state index contributed by atoms with van der Waals surface area (Å²) in [5, 5.41) is 4.93. The number of hydrogen-bond donors (Lipinski definition) is 2. The Bertz CT molecular complexity index is 1070. The highest BCUT2D eigenvalue weighted by molar-refractivity contribution is 7.12. The normalized spacial score (nSPS) is 14.1. The highest BCUT2D eigenvalue weighted by Crippen LogP contribution is 2.28. The molecule has 3 N–H and O–H groups in total. The lowest BCUT2D eigenvalue weighted by molar-refractivity contribution is -0.137. The highest BCUT2D eigenvalue weighted by atomic mass is 32.1. The van der Waals surface area contributed by atoms with E-state index >= 15 is 0 Å². The summed E-state index contributed by atoms with van der Waals surface area (Å²) in [6.07, 6.45) is 5.34. The molecule has 4 rings (SSSR count). The SMILES string of the molecule is NCc1cccc(CN(Cc2ccccc2NC(=O)c2cccs2)C(=O)C2CCCCC2)c1. The van der Waals surface area contributed by atoms with Crippen molar-refractivity contribution in [1.29, 1.82) is 0 Å². The molecule has 0 atom stereocenters. The van der Waals surface area contributed by atoms with Gasteiger partial charge in [0.1, 0.15) is 0 Å². The fraction of sp³-hybridized carbons (Fsp3) is 0.333. The van der Waals surface area contributed by atoms with Crippen LogP contribution >= 0.6 is 11.3 Å². The number of para-hydroxylation sites is 1. The van der Waals surface area contributed by atoms with Crippen molar-refractivity contribution in [2.75, 3.05) is 5.32 Å². The predicted molar refractivity (Wildman–Crippen MR) is 134 cm³/mol. The van der Waals surface area contributed by atoms with Crippen LogP contribution in [0.15, 0.2) is 66.0 Å². The van der Waals surface area contributed by atoms with Gasteiger partial charge in [0.2, 0.25) is 5.91 Å². The van der Waals surface area contributed by atoms with Crippen molar-refractivity contribution < 1.29 is 9.59 Å². The number of benzene rings is 2. The molecule has 172 valence electrons. The lowest BCUT2D eigenvalue weighted by Gasteiger charge is -2.30. The quantitative estimate of drug-likeness (QED) is 0.461. The Balaban J connectivity index is 1.58. The summed E-state index contributed by atoms with van der Waals surface area (Å²) in [6, 6.07) is 19.6. The van der Waals surface area contributed by atoms with Gasteiger partial charge in [-0.1, -0.05) is 67.8 Å². The van der Waals surface area contributed by atoms with E-state index in [0.717, 1.165) is 48.1 Å².